The van der Waals surface area contributed by atoms with E-state index in [1.54, 1.807) is 0 Å². The Labute approximate surface area is 154 Å². The van der Waals surface area contributed by atoms with E-state index in [0.29, 0.717) is 0 Å². The van der Waals surface area contributed by atoms with E-state index in [2.05, 4.69) is 0 Å². The van der Waals surface area contributed by atoms with Crippen LogP contribution in [0.25, 0.3) is 0 Å². The van der Waals surface area contributed by atoms with Crippen LogP contribution in [0.5, 0.6) is 0 Å². The summed E-state index contributed by atoms with van der Waals surface area (Å²) in [4.78, 5) is 57.2. The summed E-state index contributed by atoms with van der Waals surface area (Å²) >= 11 is 0. The molecule has 1 aliphatic carbocycles. The van der Waals surface area contributed by atoms with Crippen LogP contribution in [0.3, 0.4) is 0 Å². The molecule has 152 valence electrons. The molecule has 0 heterocycles. The molecular weight excluding hydrogens is 371 g/mol. The van der Waals surface area contributed by atoms with Crippen LogP contribution in [0.1, 0.15) is 34.6 Å². The van der Waals surface area contributed by atoms with Crippen molar-refractivity contribution in [1.29, 1.82) is 0 Å². The van der Waals surface area contributed by atoms with Crippen molar-refractivity contribution >= 4 is 29.8 Å². The Balaban J connectivity index is 3.46. The van der Waals surface area contributed by atoms with Gasteiger partial charge in [0, 0.05) is 34.6 Å². The third-order valence-electron chi connectivity index (χ3n) is 3.43. The first-order valence-electron chi connectivity index (χ1n) is 7.94. The molecule has 0 aromatic heterocycles. The molecule has 0 amide bonds. The predicted octanol–water partition coefficient (Wildman–Crippen LogP) is -0.00340. The summed E-state index contributed by atoms with van der Waals surface area (Å²) in [6.07, 6.45) is -10.6. The Bertz CT molecular complexity index is 574. The smallest absolute Gasteiger partial charge is 0.303 e. The fraction of sp³-hybridized carbons (Fsp3) is 0.688. The van der Waals surface area contributed by atoms with Gasteiger partial charge in [-0.3, -0.25) is 24.0 Å². The zero-order valence-corrected chi connectivity index (χ0v) is 15.4. The maximum absolute atomic E-state index is 15.1. The maximum Gasteiger partial charge on any atom is 0.303 e. The van der Waals surface area contributed by atoms with E-state index in [1.807, 2.05) is 0 Å². The average molecular weight is 392 g/mol. The fourth-order valence-corrected chi connectivity index (χ4v) is 2.73. The summed E-state index contributed by atoms with van der Waals surface area (Å²) in [6, 6.07) is 0. The van der Waals surface area contributed by atoms with Crippen molar-refractivity contribution in [3.63, 3.8) is 0 Å². The van der Waals surface area contributed by atoms with Crippen LogP contribution in [0, 0.1) is 0 Å². The van der Waals surface area contributed by atoms with Crippen molar-refractivity contribution in [2.75, 3.05) is 0 Å². The van der Waals surface area contributed by atoms with Crippen molar-refractivity contribution in [3.8, 4) is 0 Å². The second-order valence-electron chi connectivity index (χ2n) is 5.81. The Kier molecular flexibility index (Phi) is 7.68. The second-order valence-corrected chi connectivity index (χ2v) is 5.81. The molecule has 4 unspecified atom stereocenters. The molecule has 0 aromatic rings. The van der Waals surface area contributed by atoms with Gasteiger partial charge in [0.15, 0.2) is 36.7 Å². The number of hydrogen-bond donors (Lipinski definition) is 0. The zero-order chi connectivity index (χ0) is 20.9. The Morgan fingerprint density at radius 2 is 0.667 bits per heavy atom. The molecule has 0 spiro atoms. The lowest BCUT2D eigenvalue weighted by Crippen LogP contribution is -2.67. The zero-order valence-electron chi connectivity index (χ0n) is 15.4. The lowest BCUT2D eigenvalue weighted by atomic mass is 9.84. The van der Waals surface area contributed by atoms with Crippen LogP contribution in [0.15, 0.2) is 0 Å². The van der Waals surface area contributed by atoms with Gasteiger partial charge in [0.05, 0.1) is 0 Å². The number of carbonyl (C=O) groups is 5. The number of esters is 5. The Morgan fingerprint density at radius 1 is 0.481 bits per heavy atom. The van der Waals surface area contributed by atoms with E-state index in [0.717, 1.165) is 34.6 Å². The predicted molar refractivity (Wildman–Crippen MR) is 82.7 cm³/mol. The SMILES string of the molecule is CC(=O)OC1C(F)C(OC(C)=O)C(OC(C)=O)C(OC(C)=O)C1OC(C)=O. The summed E-state index contributed by atoms with van der Waals surface area (Å²) in [5.74, 6) is -4.51. The number of hydrogen-bond acceptors (Lipinski definition) is 10. The van der Waals surface area contributed by atoms with Crippen molar-refractivity contribution in [3.05, 3.63) is 0 Å². The molecule has 0 bridgehead atoms. The molecule has 1 saturated carbocycles. The van der Waals surface area contributed by atoms with Gasteiger partial charge in [-0.25, -0.2) is 4.39 Å². The molecule has 4 atom stereocenters. The quantitative estimate of drug-likeness (QED) is 0.465. The van der Waals surface area contributed by atoms with E-state index < -0.39 is 66.5 Å². The highest BCUT2D eigenvalue weighted by atomic mass is 19.1. The summed E-state index contributed by atoms with van der Waals surface area (Å²) in [5, 5.41) is 0. The first-order chi connectivity index (χ1) is 12.4. The van der Waals surface area contributed by atoms with E-state index in [1.165, 1.54) is 0 Å². The monoisotopic (exact) mass is 392 g/mol. The fourth-order valence-electron chi connectivity index (χ4n) is 2.73. The normalized spacial score (nSPS) is 29.9. The number of halogens is 1. The maximum atomic E-state index is 15.1. The lowest BCUT2D eigenvalue weighted by molar-refractivity contribution is -0.246. The molecular formula is C16H21FO10. The number of carbonyl (C=O) groups excluding carboxylic acids is 5. The van der Waals surface area contributed by atoms with Crippen LogP contribution in [-0.2, 0) is 47.7 Å². The van der Waals surface area contributed by atoms with Crippen molar-refractivity contribution < 1.29 is 52.0 Å². The first kappa shape index (κ1) is 22.3. The largest absolute Gasteiger partial charge is 0.455 e. The number of alkyl halides is 1. The van der Waals surface area contributed by atoms with Gasteiger partial charge in [0.25, 0.3) is 0 Å². The van der Waals surface area contributed by atoms with Crippen molar-refractivity contribution in [2.24, 2.45) is 0 Å². The van der Waals surface area contributed by atoms with Crippen LogP contribution >= 0.6 is 0 Å². The van der Waals surface area contributed by atoms with E-state index >= 15 is 4.39 Å². The number of ether oxygens (including phenoxy) is 5. The molecule has 0 N–H and O–H groups in total. The van der Waals surface area contributed by atoms with Gasteiger partial charge in [-0.05, 0) is 0 Å². The minimum Gasteiger partial charge on any atom is -0.455 e. The highest BCUT2D eigenvalue weighted by Crippen LogP contribution is 2.34. The molecule has 0 aromatic carbocycles. The summed E-state index contributed by atoms with van der Waals surface area (Å²) in [6.45, 7) is 4.98. The molecule has 1 aliphatic rings. The molecule has 0 radical (unpaired) electrons. The van der Waals surface area contributed by atoms with Crippen LogP contribution in [0.2, 0.25) is 0 Å². The molecule has 1 rings (SSSR count). The summed E-state index contributed by atoms with van der Waals surface area (Å²) in [5.41, 5.74) is 0. The molecule has 27 heavy (non-hydrogen) atoms. The van der Waals surface area contributed by atoms with Gasteiger partial charge in [0.2, 0.25) is 0 Å². The van der Waals surface area contributed by atoms with E-state index in [-0.39, 0.29) is 0 Å². The third-order valence-corrected chi connectivity index (χ3v) is 3.43. The van der Waals surface area contributed by atoms with Crippen molar-refractivity contribution in [2.45, 2.75) is 71.3 Å². The van der Waals surface area contributed by atoms with Gasteiger partial charge >= 0.3 is 29.8 Å². The summed E-state index contributed by atoms with van der Waals surface area (Å²) < 4.78 is 39.9. The Morgan fingerprint density at radius 3 is 0.889 bits per heavy atom. The van der Waals surface area contributed by atoms with Crippen LogP contribution in [-0.4, -0.2) is 66.5 Å². The van der Waals surface area contributed by atoms with Crippen LogP contribution < -0.4 is 0 Å². The molecule has 10 nitrogen and oxygen atoms in total. The average Bonchev–Trinajstić information content (AvgIpc) is 2.49. The first-order valence-corrected chi connectivity index (χ1v) is 7.94. The minimum absolute atomic E-state index is 0.880. The van der Waals surface area contributed by atoms with Crippen molar-refractivity contribution in [1.82, 2.24) is 0 Å². The Hall–Kier alpha value is -2.72. The third kappa shape index (κ3) is 6.19. The van der Waals surface area contributed by atoms with Gasteiger partial charge in [0.1, 0.15) is 0 Å². The van der Waals surface area contributed by atoms with Gasteiger partial charge in [-0.1, -0.05) is 0 Å². The van der Waals surface area contributed by atoms with Gasteiger partial charge in [-0.2, -0.15) is 0 Å². The lowest BCUT2D eigenvalue weighted by Gasteiger charge is -2.45. The molecule has 11 heteroatoms. The summed E-state index contributed by atoms with van der Waals surface area (Å²) in [7, 11) is 0. The molecule has 0 saturated heterocycles. The highest BCUT2D eigenvalue weighted by Gasteiger charge is 2.59. The standard InChI is InChI=1S/C16H21FO10/c1-6(18)23-12-11(17)13(24-7(2)19)15(26-9(4)21)16(27-10(5)22)14(12)25-8(3)20/h11-16H,1-5H3. The topological polar surface area (TPSA) is 132 Å². The minimum atomic E-state index is -2.24. The van der Waals surface area contributed by atoms with E-state index in [9.17, 15) is 24.0 Å². The number of rotatable bonds is 5. The van der Waals surface area contributed by atoms with Crippen LogP contribution in [0.4, 0.5) is 4.39 Å². The van der Waals surface area contributed by atoms with Gasteiger partial charge in [-0.15, -0.1) is 0 Å². The highest BCUT2D eigenvalue weighted by molar-refractivity contribution is 5.70. The second kappa shape index (κ2) is 9.28. The molecule has 0 aliphatic heterocycles. The van der Waals surface area contributed by atoms with Gasteiger partial charge < -0.3 is 23.7 Å². The molecule has 1 fully saturated rings. The van der Waals surface area contributed by atoms with E-state index in [4.69, 9.17) is 23.7 Å².